The third-order valence-corrected chi connectivity index (χ3v) is 6.87. The number of amides is 1. The fourth-order valence-corrected chi connectivity index (χ4v) is 3.97. The number of hydrogen-bond donors (Lipinski definition) is 1. The second-order valence-corrected chi connectivity index (χ2v) is 9.61. The summed E-state index contributed by atoms with van der Waals surface area (Å²) in [7, 11) is 2.22. The van der Waals surface area contributed by atoms with Crippen molar-refractivity contribution in [1.82, 2.24) is 0 Å². The number of hydrogen-bond acceptors (Lipinski definition) is 4. The van der Waals surface area contributed by atoms with E-state index in [0.717, 1.165) is 43.4 Å². The molecule has 0 aliphatic rings. The zero-order valence-electron chi connectivity index (χ0n) is 22.7. The summed E-state index contributed by atoms with van der Waals surface area (Å²) in [4.78, 5) is 25.3. The summed E-state index contributed by atoms with van der Waals surface area (Å²) in [5.41, 5.74) is 1.58. The highest BCUT2D eigenvalue weighted by Crippen LogP contribution is 2.21. The summed E-state index contributed by atoms with van der Waals surface area (Å²) in [5.74, 6) is 0.00466. The number of quaternary nitrogens is 1. The molecule has 0 atom stereocenters. The van der Waals surface area contributed by atoms with Crippen LogP contribution in [0.3, 0.4) is 0 Å². The summed E-state index contributed by atoms with van der Waals surface area (Å²) in [6.45, 7) is 10.7. The standard InChI is InChI=1S/C30H44N2O4/c1-5-8-9-10-11-14-23-35-28-17-13-12-16-27(28)29(33)31-26-20-18-25(19-21-26)30(34)36-24-15-22-32(4,6-2)7-3/h12-13,16-21H,5-11,14-15,22-24H2,1-4H3/p+1. The maximum absolute atomic E-state index is 12.9. The number of para-hydroxylation sites is 1. The molecule has 6 heteroatoms. The SMILES string of the molecule is CCCCCCCCOc1ccccc1C(=O)Nc1ccc(C(=O)OCCC[N+](C)(CC)CC)cc1. The number of nitrogens with zero attached hydrogens (tertiary/aromatic N) is 1. The lowest BCUT2D eigenvalue weighted by atomic mass is 10.1. The third kappa shape index (κ3) is 10.0. The summed E-state index contributed by atoms with van der Waals surface area (Å²) in [6.07, 6.45) is 7.96. The predicted molar refractivity (Wildman–Crippen MR) is 147 cm³/mol. The number of rotatable bonds is 17. The first-order chi connectivity index (χ1) is 17.4. The number of esters is 1. The number of benzene rings is 2. The molecule has 36 heavy (non-hydrogen) atoms. The van der Waals surface area contributed by atoms with E-state index in [1.165, 1.54) is 25.7 Å². The molecule has 0 bridgehead atoms. The van der Waals surface area contributed by atoms with Gasteiger partial charge in [0, 0.05) is 12.1 Å². The molecule has 1 amide bonds. The Bertz CT molecular complexity index is 923. The highest BCUT2D eigenvalue weighted by Gasteiger charge is 2.17. The van der Waals surface area contributed by atoms with Crippen molar-refractivity contribution in [2.75, 3.05) is 45.2 Å². The predicted octanol–water partition coefficient (Wildman–Crippen LogP) is 6.71. The smallest absolute Gasteiger partial charge is 0.338 e. The molecule has 0 aromatic heterocycles. The fraction of sp³-hybridized carbons (Fsp3) is 0.533. The molecule has 0 unspecified atom stereocenters. The van der Waals surface area contributed by atoms with Crippen molar-refractivity contribution in [2.24, 2.45) is 0 Å². The first-order valence-electron chi connectivity index (χ1n) is 13.6. The van der Waals surface area contributed by atoms with Gasteiger partial charge >= 0.3 is 5.97 Å². The molecule has 0 heterocycles. The molecule has 2 rings (SSSR count). The minimum absolute atomic E-state index is 0.239. The maximum atomic E-state index is 12.9. The molecule has 1 N–H and O–H groups in total. The first-order valence-corrected chi connectivity index (χ1v) is 13.6. The topological polar surface area (TPSA) is 64.6 Å². The molecule has 0 saturated heterocycles. The lowest BCUT2D eigenvalue weighted by Gasteiger charge is -2.32. The van der Waals surface area contributed by atoms with Crippen LogP contribution in [0.15, 0.2) is 48.5 Å². The Labute approximate surface area is 217 Å². The van der Waals surface area contributed by atoms with E-state index in [9.17, 15) is 9.59 Å². The fourth-order valence-electron chi connectivity index (χ4n) is 3.97. The molecule has 0 aliphatic carbocycles. The van der Waals surface area contributed by atoms with E-state index in [1.54, 1.807) is 30.3 Å². The molecule has 2 aromatic carbocycles. The van der Waals surface area contributed by atoms with E-state index in [2.05, 4.69) is 33.1 Å². The van der Waals surface area contributed by atoms with Crippen LogP contribution in [0.25, 0.3) is 0 Å². The van der Waals surface area contributed by atoms with E-state index in [-0.39, 0.29) is 11.9 Å². The van der Waals surface area contributed by atoms with Gasteiger partial charge in [-0.3, -0.25) is 4.79 Å². The van der Waals surface area contributed by atoms with Crippen LogP contribution in [-0.4, -0.2) is 56.3 Å². The van der Waals surface area contributed by atoms with E-state index >= 15 is 0 Å². The number of nitrogens with one attached hydrogen (secondary N) is 1. The van der Waals surface area contributed by atoms with Gasteiger partial charge in [0.2, 0.25) is 0 Å². The number of carbonyl (C=O) groups is 2. The van der Waals surface area contributed by atoms with Gasteiger partial charge in [-0.2, -0.15) is 0 Å². The number of unbranched alkanes of at least 4 members (excludes halogenated alkanes) is 5. The van der Waals surface area contributed by atoms with Crippen LogP contribution in [0.4, 0.5) is 5.69 Å². The van der Waals surface area contributed by atoms with Gasteiger partial charge in [0.1, 0.15) is 5.75 Å². The minimum atomic E-state index is -0.344. The van der Waals surface area contributed by atoms with Gasteiger partial charge in [-0.1, -0.05) is 51.2 Å². The summed E-state index contributed by atoms with van der Waals surface area (Å²) < 4.78 is 12.3. The molecular formula is C30H45N2O4+. The Balaban J connectivity index is 1.82. The maximum Gasteiger partial charge on any atom is 0.338 e. The Morgan fingerprint density at radius 3 is 2.17 bits per heavy atom. The van der Waals surface area contributed by atoms with Crippen molar-refractivity contribution in [2.45, 2.75) is 65.7 Å². The van der Waals surface area contributed by atoms with Crippen LogP contribution >= 0.6 is 0 Å². The van der Waals surface area contributed by atoms with Gasteiger partial charge in [0.05, 0.1) is 51.0 Å². The zero-order chi connectivity index (χ0) is 26.2. The lowest BCUT2D eigenvalue weighted by molar-refractivity contribution is -0.906. The van der Waals surface area contributed by atoms with E-state index in [1.807, 2.05) is 18.2 Å². The average Bonchev–Trinajstić information content (AvgIpc) is 2.91. The average molecular weight is 498 g/mol. The van der Waals surface area contributed by atoms with Crippen LogP contribution in [0.2, 0.25) is 0 Å². The monoisotopic (exact) mass is 497 g/mol. The van der Waals surface area contributed by atoms with Crippen LogP contribution < -0.4 is 10.1 Å². The molecule has 6 nitrogen and oxygen atoms in total. The number of anilines is 1. The molecular weight excluding hydrogens is 452 g/mol. The normalized spacial score (nSPS) is 11.2. The highest BCUT2D eigenvalue weighted by atomic mass is 16.5. The summed E-state index contributed by atoms with van der Waals surface area (Å²) >= 11 is 0. The van der Waals surface area contributed by atoms with Crippen LogP contribution in [0.1, 0.15) is 86.4 Å². The van der Waals surface area contributed by atoms with Gasteiger partial charge in [-0.25, -0.2) is 4.79 Å². The van der Waals surface area contributed by atoms with Gasteiger partial charge in [-0.05, 0) is 56.7 Å². The van der Waals surface area contributed by atoms with Crippen molar-refractivity contribution in [3.63, 3.8) is 0 Å². The molecule has 0 spiro atoms. The second kappa shape index (κ2) is 16.0. The first kappa shape index (κ1) is 29.4. The highest BCUT2D eigenvalue weighted by molar-refractivity contribution is 6.06. The molecule has 0 saturated carbocycles. The minimum Gasteiger partial charge on any atom is -0.493 e. The van der Waals surface area contributed by atoms with E-state index in [0.29, 0.717) is 35.8 Å². The van der Waals surface area contributed by atoms with Gasteiger partial charge in [0.15, 0.2) is 0 Å². The molecule has 198 valence electrons. The molecule has 0 aliphatic heterocycles. The van der Waals surface area contributed by atoms with Gasteiger partial charge < -0.3 is 19.3 Å². The molecule has 0 radical (unpaired) electrons. The Morgan fingerprint density at radius 2 is 1.47 bits per heavy atom. The van der Waals surface area contributed by atoms with Crippen molar-refractivity contribution in [1.29, 1.82) is 0 Å². The quantitative estimate of drug-likeness (QED) is 0.150. The Kier molecular flexibility index (Phi) is 13.1. The van der Waals surface area contributed by atoms with E-state index < -0.39 is 0 Å². The summed E-state index contributed by atoms with van der Waals surface area (Å²) in [6, 6.07) is 14.1. The van der Waals surface area contributed by atoms with Crippen LogP contribution in [0, 0.1) is 0 Å². The Hall–Kier alpha value is -2.86. The van der Waals surface area contributed by atoms with Crippen LogP contribution in [0.5, 0.6) is 5.75 Å². The Morgan fingerprint density at radius 1 is 0.806 bits per heavy atom. The van der Waals surface area contributed by atoms with Gasteiger partial charge in [-0.15, -0.1) is 0 Å². The zero-order valence-corrected chi connectivity index (χ0v) is 22.7. The van der Waals surface area contributed by atoms with Crippen molar-refractivity contribution >= 4 is 17.6 Å². The van der Waals surface area contributed by atoms with E-state index in [4.69, 9.17) is 9.47 Å². The van der Waals surface area contributed by atoms with Crippen molar-refractivity contribution in [3.8, 4) is 5.75 Å². The molecule has 2 aromatic rings. The number of ether oxygens (including phenoxy) is 2. The molecule has 0 fully saturated rings. The van der Waals surface area contributed by atoms with Crippen molar-refractivity contribution in [3.05, 3.63) is 59.7 Å². The van der Waals surface area contributed by atoms with Crippen LogP contribution in [-0.2, 0) is 4.74 Å². The van der Waals surface area contributed by atoms with Crippen molar-refractivity contribution < 1.29 is 23.5 Å². The third-order valence-electron chi connectivity index (χ3n) is 6.87. The largest absolute Gasteiger partial charge is 0.493 e. The summed E-state index contributed by atoms with van der Waals surface area (Å²) in [5, 5.41) is 2.90. The number of carbonyl (C=O) groups excluding carboxylic acids is 2. The lowest BCUT2D eigenvalue weighted by Crippen LogP contribution is -2.44. The second-order valence-electron chi connectivity index (χ2n) is 9.61. The van der Waals surface area contributed by atoms with Gasteiger partial charge in [0.25, 0.3) is 5.91 Å².